The van der Waals surface area contributed by atoms with Gasteiger partial charge in [-0.2, -0.15) is 0 Å². The van der Waals surface area contributed by atoms with Gasteiger partial charge in [0.05, 0.1) is 12.0 Å². The Kier molecular flexibility index (Phi) is 4.62. The van der Waals surface area contributed by atoms with Gasteiger partial charge in [0.2, 0.25) is 5.91 Å². The first-order chi connectivity index (χ1) is 13.0. The lowest BCUT2D eigenvalue weighted by atomic mass is 10.0. The van der Waals surface area contributed by atoms with E-state index in [9.17, 15) is 13.6 Å². The predicted molar refractivity (Wildman–Crippen MR) is 100 cm³/mol. The summed E-state index contributed by atoms with van der Waals surface area (Å²) in [4.78, 5) is 14.8. The smallest absolute Gasteiger partial charge is 0.230 e. The Morgan fingerprint density at radius 3 is 2.56 bits per heavy atom. The van der Waals surface area contributed by atoms with E-state index in [0.717, 1.165) is 17.7 Å². The SMILES string of the molecule is NC1C=C[C@H](C(=O)N2CC(c3cc(F)ccc3F)=CC2c2ccccc2)C1. The lowest BCUT2D eigenvalue weighted by molar-refractivity contribution is -0.134. The van der Waals surface area contributed by atoms with Gasteiger partial charge in [-0.1, -0.05) is 48.6 Å². The molecule has 2 aliphatic rings. The second-order valence-corrected chi connectivity index (χ2v) is 7.03. The minimum Gasteiger partial charge on any atom is -0.327 e. The number of hydrogen-bond acceptors (Lipinski definition) is 2. The van der Waals surface area contributed by atoms with Crippen LogP contribution in [0.3, 0.4) is 0 Å². The third-order valence-electron chi connectivity index (χ3n) is 5.17. The normalized spacial score (nSPS) is 24.3. The molecule has 2 aromatic carbocycles. The molecule has 0 aromatic heterocycles. The van der Waals surface area contributed by atoms with Gasteiger partial charge in [-0.3, -0.25) is 4.79 Å². The van der Waals surface area contributed by atoms with Gasteiger partial charge in [-0.15, -0.1) is 0 Å². The van der Waals surface area contributed by atoms with Crippen LogP contribution in [0.25, 0.3) is 5.57 Å². The molecule has 2 unspecified atom stereocenters. The van der Waals surface area contributed by atoms with Crippen LogP contribution in [0.15, 0.2) is 66.8 Å². The molecule has 27 heavy (non-hydrogen) atoms. The lowest BCUT2D eigenvalue weighted by Gasteiger charge is -2.27. The van der Waals surface area contributed by atoms with Crippen LogP contribution in [0.4, 0.5) is 8.78 Å². The molecular formula is C22H20F2N2O. The summed E-state index contributed by atoms with van der Waals surface area (Å²) in [6.07, 6.45) is 6.11. The molecule has 1 amide bonds. The summed E-state index contributed by atoms with van der Waals surface area (Å²) in [5.74, 6) is -1.32. The molecule has 1 aliphatic carbocycles. The van der Waals surface area contributed by atoms with Crippen LogP contribution < -0.4 is 5.73 Å². The van der Waals surface area contributed by atoms with Crippen molar-refractivity contribution in [1.82, 2.24) is 4.90 Å². The van der Waals surface area contributed by atoms with Crippen LogP contribution in [-0.4, -0.2) is 23.4 Å². The predicted octanol–water partition coefficient (Wildman–Crippen LogP) is 3.84. The second kappa shape index (κ2) is 7.08. The van der Waals surface area contributed by atoms with Crippen molar-refractivity contribution in [3.05, 3.63) is 89.5 Å². The standard InChI is InChI=1S/C22H20F2N2O/c23-17-7-9-20(24)19(12-17)16-11-21(14-4-2-1-3-5-14)26(13-16)22(27)15-6-8-18(25)10-15/h1-9,11-12,15,18,21H,10,13,25H2/t15-,18?,21?/m0/s1. The van der Waals surface area contributed by atoms with Crippen LogP contribution >= 0.6 is 0 Å². The summed E-state index contributed by atoms with van der Waals surface area (Å²) in [6, 6.07) is 12.5. The van der Waals surface area contributed by atoms with Crippen molar-refractivity contribution in [2.45, 2.75) is 18.5 Å². The number of hydrogen-bond donors (Lipinski definition) is 1. The molecule has 0 fully saturated rings. The summed E-state index contributed by atoms with van der Waals surface area (Å²) in [7, 11) is 0. The van der Waals surface area contributed by atoms with Crippen LogP contribution in [0.2, 0.25) is 0 Å². The zero-order chi connectivity index (χ0) is 19.0. The fourth-order valence-corrected chi connectivity index (χ4v) is 3.80. The Hall–Kier alpha value is -2.79. The van der Waals surface area contributed by atoms with Crippen LogP contribution in [0, 0.1) is 17.6 Å². The average Bonchev–Trinajstić information content (AvgIpc) is 3.30. The number of rotatable bonds is 3. The summed E-state index contributed by atoms with van der Waals surface area (Å²) >= 11 is 0. The van der Waals surface area contributed by atoms with E-state index in [-0.39, 0.29) is 36.0 Å². The van der Waals surface area contributed by atoms with Gasteiger partial charge < -0.3 is 10.6 Å². The monoisotopic (exact) mass is 366 g/mol. The summed E-state index contributed by atoms with van der Waals surface area (Å²) < 4.78 is 28.0. The average molecular weight is 366 g/mol. The van der Waals surface area contributed by atoms with E-state index in [1.807, 2.05) is 48.6 Å². The summed E-state index contributed by atoms with van der Waals surface area (Å²) in [5.41, 5.74) is 7.65. The van der Waals surface area contributed by atoms with Gasteiger partial charge >= 0.3 is 0 Å². The number of carbonyl (C=O) groups excluding carboxylic acids is 1. The maximum absolute atomic E-state index is 14.3. The molecule has 138 valence electrons. The molecule has 0 saturated heterocycles. The fraction of sp³-hybridized carbons (Fsp3) is 0.227. The van der Waals surface area contributed by atoms with E-state index in [1.165, 1.54) is 6.07 Å². The maximum atomic E-state index is 14.3. The van der Waals surface area contributed by atoms with Crippen LogP contribution in [0.1, 0.15) is 23.6 Å². The van der Waals surface area contributed by atoms with E-state index in [0.29, 0.717) is 12.0 Å². The molecule has 0 bridgehead atoms. The molecule has 2 N–H and O–H groups in total. The molecule has 1 heterocycles. The van der Waals surface area contributed by atoms with E-state index >= 15 is 0 Å². The highest BCUT2D eigenvalue weighted by Gasteiger charge is 2.35. The fourth-order valence-electron chi connectivity index (χ4n) is 3.80. The number of benzene rings is 2. The Bertz CT molecular complexity index is 923. The van der Waals surface area contributed by atoms with Crippen molar-refractivity contribution < 1.29 is 13.6 Å². The minimum absolute atomic E-state index is 0.0453. The summed E-state index contributed by atoms with van der Waals surface area (Å²) in [6.45, 7) is 0.234. The molecule has 1 aliphatic heterocycles. The molecule has 3 nitrogen and oxygen atoms in total. The number of amides is 1. The summed E-state index contributed by atoms with van der Waals surface area (Å²) in [5, 5.41) is 0. The van der Waals surface area contributed by atoms with Crippen molar-refractivity contribution >= 4 is 11.5 Å². The van der Waals surface area contributed by atoms with Crippen LogP contribution in [0.5, 0.6) is 0 Å². The molecule has 2 aromatic rings. The van der Waals surface area contributed by atoms with Gasteiger partial charge in [0.25, 0.3) is 0 Å². The third-order valence-corrected chi connectivity index (χ3v) is 5.17. The van der Waals surface area contributed by atoms with E-state index < -0.39 is 11.6 Å². The lowest BCUT2D eigenvalue weighted by Crippen LogP contribution is -2.36. The van der Waals surface area contributed by atoms with Gasteiger partial charge in [0.15, 0.2) is 0 Å². The van der Waals surface area contributed by atoms with Gasteiger partial charge in [-0.05, 0) is 35.8 Å². The van der Waals surface area contributed by atoms with Crippen molar-refractivity contribution in [1.29, 1.82) is 0 Å². The number of nitrogens with two attached hydrogens (primary N) is 1. The first-order valence-electron chi connectivity index (χ1n) is 8.98. The zero-order valence-electron chi connectivity index (χ0n) is 14.7. The maximum Gasteiger partial charge on any atom is 0.230 e. The Labute approximate surface area is 156 Å². The topological polar surface area (TPSA) is 46.3 Å². The van der Waals surface area contributed by atoms with Gasteiger partial charge in [0.1, 0.15) is 11.6 Å². The number of nitrogens with zero attached hydrogens (tertiary/aromatic N) is 1. The van der Waals surface area contributed by atoms with Gasteiger partial charge in [0, 0.05) is 18.2 Å². The third kappa shape index (κ3) is 3.43. The Morgan fingerprint density at radius 2 is 1.85 bits per heavy atom. The number of halogens is 2. The quantitative estimate of drug-likeness (QED) is 0.839. The second-order valence-electron chi connectivity index (χ2n) is 7.03. The van der Waals surface area contributed by atoms with E-state index in [1.54, 1.807) is 4.90 Å². The number of carbonyl (C=O) groups is 1. The Morgan fingerprint density at radius 1 is 1.07 bits per heavy atom. The highest BCUT2D eigenvalue weighted by Crippen LogP contribution is 2.37. The minimum atomic E-state index is -0.502. The first-order valence-corrected chi connectivity index (χ1v) is 8.98. The van der Waals surface area contributed by atoms with Crippen molar-refractivity contribution in [2.24, 2.45) is 11.7 Å². The molecule has 5 heteroatoms. The van der Waals surface area contributed by atoms with Crippen molar-refractivity contribution in [3.63, 3.8) is 0 Å². The molecule has 0 radical (unpaired) electrons. The molecule has 0 spiro atoms. The Balaban J connectivity index is 1.70. The highest BCUT2D eigenvalue weighted by molar-refractivity contribution is 5.86. The van der Waals surface area contributed by atoms with Crippen molar-refractivity contribution in [2.75, 3.05) is 6.54 Å². The zero-order valence-corrected chi connectivity index (χ0v) is 14.7. The highest BCUT2D eigenvalue weighted by atomic mass is 19.1. The van der Waals surface area contributed by atoms with Crippen LogP contribution in [-0.2, 0) is 4.79 Å². The molecule has 0 saturated carbocycles. The van der Waals surface area contributed by atoms with Crippen molar-refractivity contribution in [3.8, 4) is 0 Å². The molecule has 3 atom stereocenters. The van der Waals surface area contributed by atoms with E-state index in [2.05, 4.69) is 0 Å². The molecule has 4 rings (SSSR count). The van der Waals surface area contributed by atoms with Gasteiger partial charge in [-0.25, -0.2) is 8.78 Å². The molecular weight excluding hydrogens is 346 g/mol. The largest absolute Gasteiger partial charge is 0.327 e. The first kappa shape index (κ1) is 17.6. The van der Waals surface area contributed by atoms with E-state index in [4.69, 9.17) is 5.73 Å².